The zero-order chi connectivity index (χ0) is 45.4. The lowest BCUT2D eigenvalue weighted by Crippen LogP contribution is -2.60. The Balaban J connectivity index is 3.46. The summed E-state index contributed by atoms with van der Waals surface area (Å²) in [6, 6.07) is -6.50. The van der Waals surface area contributed by atoms with Crippen molar-refractivity contribution in [1.82, 2.24) is 31.9 Å². The van der Waals surface area contributed by atoms with Crippen LogP contribution >= 0.6 is 0 Å². The number of amides is 7. The van der Waals surface area contributed by atoms with E-state index in [1.807, 2.05) is 5.32 Å². The van der Waals surface area contributed by atoms with Gasteiger partial charge in [-0.3, -0.25) is 47.9 Å². The molecule has 0 aromatic heterocycles. The normalized spacial score (nSPS) is 14.2. The Morgan fingerprint density at radius 3 is 1.51 bits per heavy atom. The number of alkyl halides is 2. The molecule has 326 valence electrons. The first-order valence-electron chi connectivity index (χ1n) is 17.7. The van der Waals surface area contributed by atoms with E-state index in [9.17, 15) is 71.7 Å². The van der Waals surface area contributed by atoms with Gasteiger partial charge in [-0.2, -0.15) is 8.78 Å². The summed E-state index contributed by atoms with van der Waals surface area (Å²) in [5.41, 5.74) is 4.58. The molecule has 0 saturated carbocycles. The van der Waals surface area contributed by atoms with Gasteiger partial charge in [0, 0.05) is 25.3 Å². The van der Waals surface area contributed by atoms with E-state index in [2.05, 4.69) is 26.6 Å². The van der Waals surface area contributed by atoms with Gasteiger partial charge in [-0.05, 0) is 31.2 Å². The summed E-state index contributed by atoms with van der Waals surface area (Å²) < 4.78 is 28.1. The molecule has 0 aliphatic rings. The maximum Gasteiger partial charge on any atom is 0.379 e. The van der Waals surface area contributed by atoms with Gasteiger partial charge < -0.3 is 58.1 Å². The summed E-state index contributed by atoms with van der Waals surface area (Å²) in [7, 11) is 0. The van der Waals surface area contributed by atoms with Crippen LogP contribution < -0.4 is 37.6 Å². The number of hydrogen-bond donors (Lipinski definition) is 11. The van der Waals surface area contributed by atoms with Crippen LogP contribution in [0.5, 0.6) is 0 Å². The van der Waals surface area contributed by atoms with Crippen LogP contribution in [0.2, 0.25) is 0 Å². The number of nitrogens with one attached hydrogen (secondary N) is 6. The molecular weight excluding hydrogens is 796 g/mol. The third-order valence-corrected chi connectivity index (χ3v) is 8.14. The largest absolute Gasteiger partial charge is 0.481 e. The molecule has 0 radical (unpaired) electrons. The first-order valence-corrected chi connectivity index (χ1v) is 17.7. The smallest absolute Gasteiger partial charge is 0.379 e. The number of carboxylic acid groups (broad SMARTS) is 4. The second kappa shape index (κ2) is 22.9. The molecule has 59 heavy (non-hydrogen) atoms. The van der Waals surface area contributed by atoms with Gasteiger partial charge >= 0.3 is 29.8 Å². The maximum absolute atomic E-state index is 14.1. The summed E-state index contributed by atoms with van der Waals surface area (Å²) in [5, 5.41) is 49.7. The van der Waals surface area contributed by atoms with Crippen LogP contribution in [0, 0.1) is 5.92 Å². The van der Waals surface area contributed by atoms with Crippen molar-refractivity contribution in [3.8, 4) is 0 Å². The Bertz CT molecular complexity index is 1760. The van der Waals surface area contributed by atoms with Gasteiger partial charge in [0.1, 0.15) is 36.3 Å². The van der Waals surface area contributed by atoms with Crippen molar-refractivity contribution >= 4 is 65.2 Å². The number of hydrogen-bond acceptors (Lipinski definition) is 11. The first kappa shape index (κ1) is 50.3. The van der Waals surface area contributed by atoms with E-state index in [1.165, 1.54) is 0 Å². The fraction of sp³-hybridized carbons (Fsp3) is 0.514. The molecule has 22 nitrogen and oxygen atoms in total. The molecule has 6 atom stereocenters. The molecule has 0 aliphatic heterocycles. The molecule has 0 heterocycles. The van der Waals surface area contributed by atoms with E-state index in [0.717, 1.165) is 38.1 Å². The van der Waals surface area contributed by atoms with E-state index < -0.39 is 145 Å². The standard InChI is InChI=1S/C35H47F2N7O15/c1-15(2)11-21(28(38)52)42-32(56)22(12-18-5-7-19(8-6-18)35(36,37)34(58)59)44-30(54)20(9-10-25(46)47)41-33(57)24(14-27(50)51)43-29(53)16(3)39-31(55)23(13-26(48)49)40-17(4)45/h5-8,15-16,20-24H,9-14H2,1-4H3,(H2,38,52)(H,39,55)(H,40,45)(H,41,57)(H,42,56)(H,43,53)(H,44,54)(H,46,47)(H,48,49)(H,50,51)(H,58,59)/t16-,20-,21-,22-,23-,24-/m0/s1. The summed E-state index contributed by atoms with van der Waals surface area (Å²) in [5.74, 6) is -19.3. The summed E-state index contributed by atoms with van der Waals surface area (Å²) in [4.78, 5) is 135. The van der Waals surface area contributed by atoms with Gasteiger partial charge in [0.2, 0.25) is 41.4 Å². The van der Waals surface area contributed by atoms with Gasteiger partial charge in [0.25, 0.3) is 0 Å². The molecule has 0 saturated heterocycles. The number of carbonyl (C=O) groups excluding carboxylic acids is 7. The van der Waals surface area contributed by atoms with Crippen LogP contribution in [0.15, 0.2) is 24.3 Å². The number of halogens is 2. The fourth-order valence-electron chi connectivity index (χ4n) is 5.18. The second-order valence-corrected chi connectivity index (χ2v) is 13.7. The predicted octanol–water partition coefficient (Wildman–Crippen LogP) is -2.30. The lowest BCUT2D eigenvalue weighted by Gasteiger charge is -2.27. The van der Waals surface area contributed by atoms with Crippen molar-refractivity contribution in [2.24, 2.45) is 11.7 Å². The van der Waals surface area contributed by atoms with E-state index in [1.54, 1.807) is 13.8 Å². The minimum Gasteiger partial charge on any atom is -0.481 e. The highest BCUT2D eigenvalue weighted by Gasteiger charge is 2.41. The van der Waals surface area contributed by atoms with Crippen molar-refractivity contribution < 1.29 is 81.9 Å². The predicted molar refractivity (Wildman–Crippen MR) is 195 cm³/mol. The topological polar surface area (TPSA) is 367 Å². The van der Waals surface area contributed by atoms with Gasteiger partial charge in [-0.15, -0.1) is 0 Å². The molecule has 24 heteroatoms. The van der Waals surface area contributed by atoms with E-state index in [-0.39, 0.29) is 17.9 Å². The van der Waals surface area contributed by atoms with Crippen molar-refractivity contribution in [2.45, 2.75) is 108 Å². The highest BCUT2D eigenvalue weighted by atomic mass is 19.3. The van der Waals surface area contributed by atoms with Crippen LogP contribution in [0.4, 0.5) is 8.78 Å². The highest BCUT2D eigenvalue weighted by molar-refractivity contribution is 5.98. The number of carbonyl (C=O) groups is 11. The van der Waals surface area contributed by atoms with E-state index in [4.69, 9.17) is 15.9 Å². The number of carboxylic acids is 4. The van der Waals surface area contributed by atoms with Gasteiger partial charge in [-0.25, -0.2) is 4.79 Å². The number of aliphatic carboxylic acids is 4. The molecule has 12 N–H and O–H groups in total. The fourth-order valence-corrected chi connectivity index (χ4v) is 5.18. The Morgan fingerprint density at radius 1 is 0.610 bits per heavy atom. The van der Waals surface area contributed by atoms with Crippen molar-refractivity contribution in [3.05, 3.63) is 35.4 Å². The van der Waals surface area contributed by atoms with Crippen molar-refractivity contribution in [1.29, 1.82) is 0 Å². The summed E-state index contributed by atoms with van der Waals surface area (Å²) in [6.45, 7) is 5.47. The quantitative estimate of drug-likeness (QED) is 0.0493. The zero-order valence-corrected chi connectivity index (χ0v) is 32.2. The van der Waals surface area contributed by atoms with Gasteiger partial charge in [0.05, 0.1) is 12.8 Å². The molecular formula is C35H47F2N7O15. The summed E-state index contributed by atoms with van der Waals surface area (Å²) >= 11 is 0. The van der Waals surface area contributed by atoms with Crippen LogP contribution in [0.1, 0.15) is 70.9 Å². The molecule has 0 aliphatic carbocycles. The Morgan fingerprint density at radius 2 is 1.05 bits per heavy atom. The Kier molecular flexibility index (Phi) is 19.5. The monoisotopic (exact) mass is 843 g/mol. The number of nitrogens with two attached hydrogens (primary N) is 1. The second-order valence-electron chi connectivity index (χ2n) is 13.7. The molecule has 7 amide bonds. The average Bonchev–Trinajstić information content (AvgIpc) is 3.11. The lowest BCUT2D eigenvalue weighted by atomic mass is 9.99. The van der Waals surface area contributed by atoms with Gasteiger partial charge in [-0.1, -0.05) is 38.1 Å². The molecule has 0 bridgehead atoms. The third-order valence-electron chi connectivity index (χ3n) is 8.14. The third kappa shape index (κ3) is 17.5. The molecule has 1 aromatic carbocycles. The number of benzene rings is 1. The van der Waals surface area contributed by atoms with Crippen molar-refractivity contribution in [3.63, 3.8) is 0 Å². The van der Waals surface area contributed by atoms with E-state index in [0.29, 0.717) is 0 Å². The maximum atomic E-state index is 14.1. The van der Waals surface area contributed by atoms with E-state index >= 15 is 0 Å². The molecule has 0 fully saturated rings. The van der Waals surface area contributed by atoms with Crippen LogP contribution in [0.3, 0.4) is 0 Å². The number of primary amides is 1. The highest BCUT2D eigenvalue weighted by Crippen LogP contribution is 2.28. The Hall–Kier alpha value is -6.75. The molecule has 1 rings (SSSR count). The number of rotatable bonds is 25. The summed E-state index contributed by atoms with van der Waals surface area (Å²) in [6.07, 6.45) is -3.97. The SMILES string of the molecule is CC(=O)N[C@@H](CC(=O)O)C(=O)N[C@@H](C)C(=O)N[C@@H](CC(=O)O)C(=O)N[C@@H](CCC(=O)O)C(=O)N[C@@H](Cc1ccc(C(F)(F)C(=O)O)cc1)C(=O)N[C@@H](CC(C)C)C(N)=O. The first-order chi connectivity index (χ1) is 27.2. The molecule has 1 aromatic rings. The minimum absolute atomic E-state index is 0.0369. The van der Waals surface area contributed by atoms with Crippen LogP contribution in [-0.2, 0) is 65.1 Å². The molecule has 0 spiro atoms. The average molecular weight is 844 g/mol. The molecule has 0 unspecified atom stereocenters. The van der Waals surface area contributed by atoms with Gasteiger partial charge in [0.15, 0.2) is 0 Å². The minimum atomic E-state index is -4.28. The lowest BCUT2D eigenvalue weighted by molar-refractivity contribution is -0.166. The van der Waals surface area contributed by atoms with Crippen LogP contribution in [0.25, 0.3) is 0 Å². The zero-order valence-electron chi connectivity index (χ0n) is 32.2. The van der Waals surface area contributed by atoms with Crippen LogP contribution in [-0.4, -0.2) is 122 Å². The Labute approximate surface area is 334 Å². The van der Waals surface area contributed by atoms with Crippen molar-refractivity contribution in [2.75, 3.05) is 0 Å².